The van der Waals surface area contributed by atoms with Crippen molar-refractivity contribution in [2.45, 2.75) is 19.8 Å². The monoisotopic (exact) mass is 488 g/mol. The van der Waals surface area contributed by atoms with Gasteiger partial charge in [0.15, 0.2) is 5.96 Å². The van der Waals surface area contributed by atoms with E-state index in [1.165, 1.54) is 4.90 Å². The van der Waals surface area contributed by atoms with Crippen LogP contribution in [0.2, 0.25) is 0 Å². The lowest BCUT2D eigenvalue weighted by molar-refractivity contribution is -0.140. The molecule has 5 unspecified atom stereocenters. The van der Waals surface area contributed by atoms with Gasteiger partial charge in [-0.3, -0.25) is 19.5 Å². The zero-order chi connectivity index (χ0) is 18.3. The Morgan fingerprint density at radius 1 is 1.26 bits per heavy atom. The van der Waals surface area contributed by atoms with E-state index in [1.54, 1.807) is 7.05 Å². The number of amides is 2. The lowest BCUT2D eigenvalue weighted by Crippen LogP contribution is -2.46. The number of hydrogen-bond acceptors (Lipinski definition) is 4. The lowest BCUT2D eigenvalue weighted by atomic mass is 9.85. The minimum atomic E-state index is -0.114. The third kappa shape index (κ3) is 3.74. The molecular formula is C19H29IN4O3. The number of allylic oxidation sites excluding steroid dienone is 2. The van der Waals surface area contributed by atoms with E-state index in [1.807, 2.05) is 0 Å². The van der Waals surface area contributed by atoms with Crippen molar-refractivity contribution in [2.24, 2.45) is 34.1 Å². The maximum atomic E-state index is 12.7. The number of carbonyl (C=O) groups is 2. The third-order valence-electron chi connectivity index (χ3n) is 6.40. The highest BCUT2D eigenvalue weighted by Gasteiger charge is 2.58. The predicted octanol–water partition coefficient (Wildman–Crippen LogP) is 1.00. The first-order chi connectivity index (χ1) is 12.5. The number of imide groups is 1. The number of halogens is 1. The van der Waals surface area contributed by atoms with Crippen LogP contribution in [0.1, 0.15) is 19.8 Å². The second kappa shape index (κ2) is 8.06. The molecule has 5 atom stereocenters. The first-order valence-electron chi connectivity index (χ1n) is 9.58. The van der Waals surface area contributed by atoms with Crippen LogP contribution in [-0.4, -0.2) is 62.6 Å². The maximum Gasteiger partial charge on any atom is 0.233 e. The summed E-state index contributed by atoms with van der Waals surface area (Å²) in [5, 5.41) is 6.54. The SMILES string of the molecule is CN=C(NCCN1C(=O)C2C3C=CC(C3)C2C1=O)NCC1(C)CCOC1.I. The summed E-state index contributed by atoms with van der Waals surface area (Å²) in [4.78, 5) is 31.0. The Labute approximate surface area is 177 Å². The fourth-order valence-corrected chi connectivity index (χ4v) is 4.84. The van der Waals surface area contributed by atoms with Crippen LogP contribution in [0.5, 0.6) is 0 Å². The topological polar surface area (TPSA) is 83.0 Å². The zero-order valence-electron chi connectivity index (χ0n) is 15.9. The van der Waals surface area contributed by atoms with Gasteiger partial charge < -0.3 is 15.4 Å². The molecule has 2 amide bonds. The summed E-state index contributed by atoms with van der Waals surface area (Å²) in [6.45, 7) is 5.45. The number of likely N-dealkylation sites (tertiary alicyclic amines) is 1. The highest BCUT2D eigenvalue weighted by molar-refractivity contribution is 14.0. The summed E-state index contributed by atoms with van der Waals surface area (Å²) in [7, 11) is 1.72. The van der Waals surface area contributed by atoms with Gasteiger partial charge in [0, 0.05) is 38.7 Å². The molecule has 2 aliphatic carbocycles. The van der Waals surface area contributed by atoms with Crippen LogP contribution in [0.25, 0.3) is 0 Å². The number of guanidine groups is 1. The molecule has 0 radical (unpaired) electrons. The molecule has 2 saturated heterocycles. The molecule has 7 nitrogen and oxygen atoms in total. The van der Waals surface area contributed by atoms with Crippen molar-refractivity contribution in [3.8, 4) is 0 Å². The fraction of sp³-hybridized carbons (Fsp3) is 0.737. The van der Waals surface area contributed by atoms with Gasteiger partial charge in [0.2, 0.25) is 11.8 Å². The lowest BCUT2D eigenvalue weighted by Gasteiger charge is -2.24. The van der Waals surface area contributed by atoms with E-state index in [9.17, 15) is 9.59 Å². The smallest absolute Gasteiger partial charge is 0.233 e. The molecule has 2 aliphatic heterocycles. The van der Waals surface area contributed by atoms with Gasteiger partial charge in [-0.15, -0.1) is 24.0 Å². The first-order valence-corrected chi connectivity index (χ1v) is 9.58. The van der Waals surface area contributed by atoms with Crippen molar-refractivity contribution >= 4 is 41.8 Å². The number of nitrogens with zero attached hydrogens (tertiary/aromatic N) is 2. The van der Waals surface area contributed by atoms with Crippen molar-refractivity contribution < 1.29 is 14.3 Å². The molecule has 0 spiro atoms. The minimum Gasteiger partial charge on any atom is -0.381 e. The van der Waals surface area contributed by atoms with Crippen LogP contribution < -0.4 is 10.6 Å². The van der Waals surface area contributed by atoms with Crippen molar-refractivity contribution in [1.82, 2.24) is 15.5 Å². The summed E-state index contributed by atoms with van der Waals surface area (Å²) in [5.74, 6) is 1.02. The molecule has 0 aromatic rings. The Bertz CT molecular complexity index is 629. The molecule has 27 heavy (non-hydrogen) atoms. The van der Waals surface area contributed by atoms with Gasteiger partial charge in [0.1, 0.15) is 0 Å². The molecule has 1 saturated carbocycles. The first kappa shape index (κ1) is 20.6. The summed E-state index contributed by atoms with van der Waals surface area (Å²) in [5.41, 5.74) is 0.127. The Balaban J connectivity index is 0.00000210. The second-order valence-corrected chi connectivity index (χ2v) is 8.29. The highest BCUT2D eigenvalue weighted by Crippen LogP contribution is 2.52. The second-order valence-electron chi connectivity index (χ2n) is 8.29. The number of ether oxygens (including phenoxy) is 1. The van der Waals surface area contributed by atoms with Gasteiger partial charge in [0.05, 0.1) is 18.4 Å². The fourth-order valence-electron chi connectivity index (χ4n) is 4.84. The Kier molecular flexibility index (Phi) is 6.14. The van der Waals surface area contributed by atoms with E-state index in [0.29, 0.717) is 19.0 Å². The molecular weight excluding hydrogens is 459 g/mol. The van der Waals surface area contributed by atoms with Crippen LogP contribution >= 0.6 is 24.0 Å². The van der Waals surface area contributed by atoms with Crippen LogP contribution in [0.15, 0.2) is 17.1 Å². The largest absolute Gasteiger partial charge is 0.381 e. The van der Waals surface area contributed by atoms with Gasteiger partial charge in [-0.1, -0.05) is 19.1 Å². The average molecular weight is 488 g/mol. The number of fused-ring (bicyclic) bond motifs is 5. The molecule has 2 N–H and O–H groups in total. The van der Waals surface area contributed by atoms with Gasteiger partial charge in [-0.2, -0.15) is 0 Å². The molecule has 8 heteroatoms. The van der Waals surface area contributed by atoms with Crippen LogP contribution in [0, 0.1) is 29.1 Å². The van der Waals surface area contributed by atoms with E-state index in [2.05, 4.69) is 34.7 Å². The van der Waals surface area contributed by atoms with Crippen molar-refractivity contribution in [2.75, 3.05) is 39.9 Å². The Hall–Kier alpha value is -1.16. The van der Waals surface area contributed by atoms with Crippen LogP contribution in [-0.2, 0) is 14.3 Å². The molecule has 150 valence electrons. The predicted molar refractivity (Wildman–Crippen MR) is 113 cm³/mol. The molecule has 2 bridgehead atoms. The van der Waals surface area contributed by atoms with Gasteiger partial charge in [-0.05, 0) is 24.7 Å². The highest BCUT2D eigenvalue weighted by atomic mass is 127. The van der Waals surface area contributed by atoms with Crippen molar-refractivity contribution in [1.29, 1.82) is 0 Å². The van der Waals surface area contributed by atoms with Crippen LogP contribution in [0.3, 0.4) is 0 Å². The van der Waals surface area contributed by atoms with E-state index < -0.39 is 0 Å². The minimum absolute atomic E-state index is 0. The van der Waals surface area contributed by atoms with E-state index >= 15 is 0 Å². The Morgan fingerprint density at radius 3 is 2.48 bits per heavy atom. The number of carbonyl (C=O) groups excluding carboxylic acids is 2. The third-order valence-corrected chi connectivity index (χ3v) is 6.40. The molecule has 4 aliphatic rings. The van der Waals surface area contributed by atoms with Gasteiger partial charge in [0.25, 0.3) is 0 Å². The normalized spacial score (nSPS) is 37.0. The van der Waals surface area contributed by atoms with E-state index in [4.69, 9.17) is 4.74 Å². The average Bonchev–Trinajstić information content (AvgIpc) is 3.39. The Morgan fingerprint density at radius 2 is 1.93 bits per heavy atom. The standard InChI is InChI=1S/C19H28N4O3.HI/c1-19(5-8-26-11-19)10-22-18(20-2)21-6-7-23-16(24)14-12-3-4-13(9-12)15(14)17(23)25;/h3-4,12-15H,5-11H2,1-2H3,(H2,20,21,22);1H. The number of rotatable bonds is 5. The molecule has 0 aromatic heterocycles. The van der Waals surface area contributed by atoms with E-state index in [-0.39, 0.29) is 64.9 Å². The summed E-state index contributed by atoms with van der Waals surface area (Å²) in [6, 6.07) is 0. The summed E-state index contributed by atoms with van der Waals surface area (Å²) < 4.78 is 5.47. The maximum absolute atomic E-state index is 12.7. The summed E-state index contributed by atoms with van der Waals surface area (Å²) >= 11 is 0. The molecule has 0 aromatic carbocycles. The summed E-state index contributed by atoms with van der Waals surface area (Å²) in [6.07, 6.45) is 6.25. The molecule has 2 heterocycles. The van der Waals surface area contributed by atoms with Crippen LogP contribution in [0.4, 0.5) is 0 Å². The van der Waals surface area contributed by atoms with Gasteiger partial charge in [-0.25, -0.2) is 0 Å². The number of nitrogens with one attached hydrogen (secondary N) is 2. The van der Waals surface area contributed by atoms with Crippen molar-refractivity contribution in [3.05, 3.63) is 12.2 Å². The molecule has 3 fully saturated rings. The number of aliphatic imine (C=N–C) groups is 1. The van der Waals surface area contributed by atoms with Crippen molar-refractivity contribution in [3.63, 3.8) is 0 Å². The van der Waals surface area contributed by atoms with E-state index in [0.717, 1.165) is 32.6 Å². The van der Waals surface area contributed by atoms with Gasteiger partial charge >= 0.3 is 0 Å². The number of hydrogen-bond donors (Lipinski definition) is 2. The quantitative estimate of drug-likeness (QED) is 0.199. The molecule has 4 rings (SSSR count). The zero-order valence-corrected chi connectivity index (χ0v) is 18.3.